The Morgan fingerprint density at radius 2 is 0.816 bits per heavy atom. The molecule has 0 amide bonds. The maximum absolute atomic E-state index is 12.2. The van der Waals surface area contributed by atoms with E-state index in [0.717, 1.165) is 122 Å². The number of ether oxygens (including phenoxy) is 13. The molecular formula is C91H130O33S. The Morgan fingerprint density at radius 1 is 0.464 bits per heavy atom. The van der Waals surface area contributed by atoms with E-state index in [-0.39, 0.29) is 112 Å². The van der Waals surface area contributed by atoms with Gasteiger partial charge in [-0.1, -0.05) is 89.2 Å². The number of rotatable bonds is 17. The van der Waals surface area contributed by atoms with Gasteiger partial charge in [0.15, 0.2) is 23.1 Å². The number of aliphatic hydroxyl groups is 3. The van der Waals surface area contributed by atoms with Crippen LogP contribution in [0.2, 0.25) is 0 Å². The molecule has 4 saturated heterocycles. The van der Waals surface area contributed by atoms with Crippen molar-refractivity contribution in [1.29, 1.82) is 0 Å². The second-order valence-corrected chi connectivity index (χ2v) is 32.7. The lowest BCUT2D eigenvalue weighted by Gasteiger charge is -2.42. The summed E-state index contributed by atoms with van der Waals surface area (Å²) < 4.78 is 94.7. The highest BCUT2D eigenvalue weighted by Crippen LogP contribution is 2.63. The third-order valence-electron chi connectivity index (χ3n) is 25.1. The molecule has 0 aromatic heterocycles. The average molecular weight is 1780 g/mol. The molecule has 4 heterocycles. The predicted octanol–water partition coefficient (Wildman–Crippen LogP) is 11.2. The fraction of sp³-hybridized carbons (Fsp3) is 0.670. The monoisotopic (exact) mass is 1780 g/mol. The second kappa shape index (κ2) is 57.2. The van der Waals surface area contributed by atoms with Crippen molar-refractivity contribution >= 4 is 82.9 Å². The molecule has 33 nitrogen and oxygen atoms in total. The first-order chi connectivity index (χ1) is 59.7. The number of esters is 5. The van der Waals surface area contributed by atoms with Gasteiger partial charge in [-0.15, -0.1) is 12.6 Å². The van der Waals surface area contributed by atoms with E-state index in [2.05, 4.69) is 39.4 Å². The number of carbonyl (C=O) groups is 10. The molecule has 2 atom stereocenters. The lowest BCUT2D eigenvalue weighted by atomic mass is 9.70. The molecule has 3 N–H and O–H groups in total. The molecule has 0 radical (unpaired) electrons. The van der Waals surface area contributed by atoms with Crippen molar-refractivity contribution in [2.24, 2.45) is 44.8 Å². The summed E-state index contributed by atoms with van der Waals surface area (Å²) in [6, 6.07) is 25.6. The van der Waals surface area contributed by atoms with E-state index >= 15 is 0 Å². The molecule has 7 saturated carbocycles. The minimum atomic E-state index is -3.11. The van der Waals surface area contributed by atoms with Gasteiger partial charge in [0.05, 0.1) is 120 Å². The van der Waals surface area contributed by atoms with E-state index in [1.54, 1.807) is 106 Å². The maximum Gasteiger partial charge on any atom is 0.425 e. The average Bonchev–Trinajstić information content (AvgIpc) is 1.56. The Bertz CT molecular complexity index is 3800. The zero-order valence-electron chi connectivity index (χ0n) is 73.8. The standard InChI is InChI=1S/C18H22O5.C14H10O3.C11H18O4.C11H20O3.C11H18O3.C10H16O.C9H14O3.C3H6O2.C2H6O2.2CO2.O3S/c1-14(19)17(7-9-18(10-8-17)22-11-12-23-18)13-21-16(20)15-5-3-2-4-6-15;15-13(11-7-3-1-4-8-11)17-14(16)12-9-5-2-6-10-12;1-2-13-10(12)9-3-5-11(6-4-9)14-7-8-15-11;2*1-2-10(9-12)3-5-11(6-4-10)13-7-8-14-11;1-9(2)7-4-5-10(9,3)8(11)6-7;1-2-12-9(11)7-3-5-8(10)6-4-7;1-2-5-3-4;3-1-2-4;2*2-1-3;1-4(2)3/h2-6H,7-13H2,1H3;1-10H;9H,2-8H2,1H3;12H,2-9H2,1H3;9H,2-8H2,1H3;7H,4-6H2,1-3H3;7H,2-6H2,1H3;3H,2H2,1H3;3-4H,1-2H2;;;/t;;;;;7?,10-;;;;;;/m.....0....../s1. The van der Waals surface area contributed by atoms with Crippen LogP contribution in [0.15, 0.2) is 91.0 Å². The van der Waals surface area contributed by atoms with Gasteiger partial charge in [0.1, 0.15) is 30.2 Å². The number of ketones is 3. The maximum atomic E-state index is 12.2. The van der Waals surface area contributed by atoms with Gasteiger partial charge < -0.3 is 81.7 Å². The molecular weight excluding hydrogens is 1650 g/mol. The first kappa shape index (κ1) is 110. The second-order valence-electron chi connectivity index (χ2n) is 32.3. The van der Waals surface area contributed by atoms with Crippen LogP contribution in [-0.4, -0.2) is 222 Å². The lowest BCUT2D eigenvalue weighted by molar-refractivity contribution is -0.195. The van der Waals surface area contributed by atoms with Crippen molar-refractivity contribution in [2.45, 2.75) is 246 Å². The largest absolute Gasteiger partial charge is 0.468 e. The van der Waals surface area contributed by atoms with Crippen molar-refractivity contribution in [3.05, 3.63) is 108 Å². The van der Waals surface area contributed by atoms with Gasteiger partial charge in [0.2, 0.25) is 0 Å². The summed E-state index contributed by atoms with van der Waals surface area (Å²) in [7, 11) is -3.11. The fourth-order valence-corrected chi connectivity index (χ4v) is 16.5. The molecule has 3 aromatic carbocycles. The van der Waals surface area contributed by atoms with Gasteiger partial charge in [-0.3, -0.25) is 28.8 Å². The molecule has 698 valence electrons. The number of hydrogen-bond acceptors (Lipinski definition) is 33. The molecule has 11 fully saturated rings. The Labute approximate surface area is 733 Å². The number of Topliss-reactive ketones (excluding diaryl/α,β-unsaturated/α-hetero) is 3. The Kier molecular flexibility index (Phi) is 50.5. The summed E-state index contributed by atoms with van der Waals surface area (Å²) in [6.07, 6.45) is 22.7. The smallest absolute Gasteiger partial charge is 0.425 e. The van der Waals surface area contributed by atoms with Crippen molar-refractivity contribution in [3.8, 4) is 0 Å². The van der Waals surface area contributed by atoms with Gasteiger partial charge in [-0.2, -0.15) is 19.2 Å². The summed E-state index contributed by atoms with van der Waals surface area (Å²) in [5.41, 5.74) is 0.947. The van der Waals surface area contributed by atoms with E-state index < -0.39 is 33.7 Å². The first-order valence-electron chi connectivity index (χ1n) is 42.9. The quantitative estimate of drug-likeness (QED) is 0.0489. The minimum Gasteiger partial charge on any atom is -0.468 e. The summed E-state index contributed by atoms with van der Waals surface area (Å²) in [4.78, 5) is 145. The SMILES string of the molecule is CC(=O)C1(COC(=O)c2ccccc2)CCC2(CC1)OCCO2.CC1(C)C2CC[C@@]1(C)C(=O)C2.CCC1(C=O)CCC2(CC1)OCCO2.CCC1(CO)CCC2(CC1)OCCO2.CCOC(=O)C1CCC(=O)CC1.CCOC(=O)C1CCC2(CC1)OCCO2.CCOC=O.O=C(OC(=O)c1ccccc1)c1ccccc1.O=C=O.O=C=O.O=S(=O)=O.OCCO. The molecule has 4 aliphatic heterocycles. The van der Waals surface area contributed by atoms with Crippen LogP contribution in [0.1, 0.15) is 254 Å². The van der Waals surface area contributed by atoms with Crippen molar-refractivity contribution < 1.29 is 157 Å². The van der Waals surface area contributed by atoms with E-state index in [1.807, 2.05) is 13.0 Å². The molecule has 125 heavy (non-hydrogen) atoms. The molecule has 4 spiro atoms. The Balaban J connectivity index is 0.000000367. The van der Waals surface area contributed by atoms with E-state index in [9.17, 15) is 53.1 Å². The van der Waals surface area contributed by atoms with Crippen LogP contribution in [0, 0.1) is 44.8 Å². The third-order valence-corrected chi connectivity index (χ3v) is 25.1. The van der Waals surface area contributed by atoms with Crippen LogP contribution in [-0.2, 0) is 125 Å². The first-order valence-corrected chi connectivity index (χ1v) is 43.9. The lowest BCUT2D eigenvalue weighted by Crippen LogP contribution is -2.45. The van der Waals surface area contributed by atoms with Gasteiger partial charge in [0, 0.05) is 88.1 Å². The van der Waals surface area contributed by atoms with Crippen LogP contribution < -0.4 is 0 Å². The minimum absolute atomic E-state index is 0.0253. The molecule has 7 aliphatic carbocycles. The fourth-order valence-electron chi connectivity index (χ4n) is 16.5. The van der Waals surface area contributed by atoms with Crippen molar-refractivity contribution in [3.63, 3.8) is 0 Å². The molecule has 2 bridgehead atoms. The van der Waals surface area contributed by atoms with Gasteiger partial charge in [-0.25, -0.2) is 14.4 Å². The highest BCUT2D eigenvalue weighted by atomic mass is 32.2. The Hall–Kier alpha value is -8.70. The van der Waals surface area contributed by atoms with Crippen molar-refractivity contribution in [1.82, 2.24) is 0 Å². The third kappa shape index (κ3) is 35.8. The van der Waals surface area contributed by atoms with Crippen LogP contribution >= 0.6 is 0 Å². The van der Waals surface area contributed by atoms with Crippen LogP contribution in [0.4, 0.5) is 0 Å². The topological polar surface area (TPSA) is 471 Å². The molecule has 34 heteroatoms. The predicted molar refractivity (Wildman–Crippen MR) is 443 cm³/mol. The zero-order valence-corrected chi connectivity index (χ0v) is 74.6. The summed E-state index contributed by atoms with van der Waals surface area (Å²) >= 11 is 0. The molecule has 1 unspecified atom stereocenters. The van der Waals surface area contributed by atoms with Crippen LogP contribution in [0.3, 0.4) is 0 Å². The van der Waals surface area contributed by atoms with Gasteiger partial charge in [0.25, 0.3) is 6.47 Å². The van der Waals surface area contributed by atoms with E-state index in [0.29, 0.717) is 152 Å². The summed E-state index contributed by atoms with van der Waals surface area (Å²) in [5.74, 6) is -1.83. The molecule has 11 aliphatic rings. The van der Waals surface area contributed by atoms with Crippen molar-refractivity contribution in [2.75, 3.05) is 99.1 Å². The number of benzene rings is 3. The van der Waals surface area contributed by atoms with Crippen LogP contribution in [0.5, 0.6) is 0 Å². The Morgan fingerprint density at radius 3 is 1.09 bits per heavy atom. The number of aldehydes is 1. The van der Waals surface area contributed by atoms with E-state index in [4.69, 9.17) is 98.9 Å². The summed E-state index contributed by atoms with van der Waals surface area (Å²) in [6.45, 7) is 25.3. The highest BCUT2D eigenvalue weighted by molar-refractivity contribution is 7.59. The number of hydrogen-bond donors (Lipinski definition) is 3. The van der Waals surface area contributed by atoms with Crippen LogP contribution in [0.25, 0.3) is 0 Å². The number of aliphatic hydroxyl groups excluding tert-OH is 3. The van der Waals surface area contributed by atoms with E-state index in [1.165, 1.54) is 6.42 Å². The normalized spacial score (nSPS) is 21.8. The molecule has 3 aromatic rings. The van der Waals surface area contributed by atoms with Gasteiger partial charge >= 0.3 is 52.8 Å². The molecule has 14 rings (SSSR count). The highest BCUT2D eigenvalue weighted by Gasteiger charge is 2.61. The zero-order chi connectivity index (χ0) is 93.1. The number of fused-ring (bicyclic) bond motifs is 2. The summed E-state index contributed by atoms with van der Waals surface area (Å²) in [5, 5.41) is 24.6. The number of carbonyl (C=O) groups excluding carboxylic acids is 14. The van der Waals surface area contributed by atoms with Gasteiger partial charge in [-0.05, 0) is 171 Å².